The van der Waals surface area contributed by atoms with Crippen LogP contribution in [0.2, 0.25) is 0 Å². The number of ether oxygens (including phenoxy) is 2. The van der Waals surface area contributed by atoms with Crippen molar-refractivity contribution < 1.29 is 9.47 Å². The first-order valence-corrected chi connectivity index (χ1v) is 6.90. The zero-order chi connectivity index (χ0) is 12.4. The third-order valence-corrected chi connectivity index (χ3v) is 3.60. The van der Waals surface area contributed by atoms with E-state index in [-0.39, 0.29) is 6.10 Å². The summed E-state index contributed by atoms with van der Waals surface area (Å²) in [4.78, 5) is 0. The molecule has 0 spiro atoms. The van der Waals surface area contributed by atoms with Crippen molar-refractivity contribution >= 4 is 22.6 Å². The Labute approximate surface area is 119 Å². The van der Waals surface area contributed by atoms with Crippen LogP contribution in [0.15, 0.2) is 36.5 Å². The summed E-state index contributed by atoms with van der Waals surface area (Å²) < 4.78 is 14.4. The van der Waals surface area contributed by atoms with E-state index in [2.05, 4.69) is 39.8 Å². The first-order valence-electron chi connectivity index (χ1n) is 5.82. The Balaban J connectivity index is 1.60. The van der Waals surface area contributed by atoms with Gasteiger partial charge in [0.15, 0.2) is 0 Å². The predicted octanol–water partition coefficient (Wildman–Crippen LogP) is 2.47. The number of benzene rings is 1. The van der Waals surface area contributed by atoms with Gasteiger partial charge in [0.05, 0.1) is 22.9 Å². The van der Waals surface area contributed by atoms with Gasteiger partial charge in [-0.1, -0.05) is 30.3 Å². The first kappa shape index (κ1) is 12.0. The van der Waals surface area contributed by atoms with Crippen LogP contribution in [-0.4, -0.2) is 22.5 Å². The molecule has 18 heavy (non-hydrogen) atoms. The molecule has 94 valence electrons. The van der Waals surface area contributed by atoms with Gasteiger partial charge in [0, 0.05) is 0 Å². The minimum Gasteiger partial charge on any atom is -0.474 e. The second kappa shape index (κ2) is 5.27. The number of fused-ring (bicyclic) bond motifs is 1. The monoisotopic (exact) mass is 356 g/mol. The number of hydrogen-bond donors (Lipinski definition) is 0. The van der Waals surface area contributed by atoms with Gasteiger partial charge in [-0.25, -0.2) is 4.68 Å². The summed E-state index contributed by atoms with van der Waals surface area (Å²) in [7, 11) is 0. The molecule has 1 aliphatic rings. The van der Waals surface area contributed by atoms with Crippen molar-refractivity contribution in [3.63, 3.8) is 0 Å². The van der Waals surface area contributed by atoms with Crippen molar-refractivity contribution in [1.82, 2.24) is 9.78 Å². The zero-order valence-corrected chi connectivity index (χ0v) is 11.9. The van der Waals surface area contributed by atoms with Crippen molar-refractivity contribution in [3.05, 3.63) is 45.7 Å². The van der Waals surface area contributed by atoms with Crippen molar-refractivity contribution in [2.45, 2.75) is 19.3 Å². The van der Waals surface area contributed by atoms with Crippen LogP contribution in [0.4, 0.5) is 0 Å². The van der Waals surface area contributed by atoms with Crippen LogP contribution in [0.1, 0.15) is 5.56 Å². The quantitative estimate of drug-likeness (QED) is 0.793. The lowest BCUT2D eigenvalue weighted by atomic mass is 10.2. The Morgan fingerprint density at radius 3 is 3.06 bits per heavy atom. The molecule has 0 radical (unpaired) electrons. The molecule has 1 aliphatic heterocycles. The highest BCUT2D eigenvalue weighted by atomic mass is 127. The molecule has 0 amide bonds. The minimum absolute atomic E-state index is 0.0633. The number of halogens is 1. The molecule has 2 heterocycles. The summed E-state index contributed by atoms with van der Waals surface area (Å²) in [6.07, 6.45) is 1.88. The average Bonchev–Trinajstić information content (AvgIpc) is 2.79. The average molecular weight is 356 g/mol. The van der Waals surface area contributed by atoms with Crippen LogP contribution in [0.25, 0.3) is 0 Å². The predicted molar refractivity (Wildman–Crippen MR) is 75.5 cm³/mol. The van der Waals surface area contributed by atoms with E-state index >= 15 is 0 Å². The second-order valence-corrected chi connectivity index (χ2v) is 5.37. The van der Waals surface area contributed by atoms with E-state index in [0.717, 1.165) is 16.0 Å². The molecule has 5 heteroatoms. The highest BCUT2D eigenvalue weighted by molar-refractivity contribution is 14.1. The molecule has 2 aromatic rings. The van der Waals surface area contributed by atoms with Gasteiger partial charge in [-0.15, -0.1) is 0 Å². The molecule has 0 unspecified atom stereocenters. The molecular weight excluding hydrogens is 343 g/mol. The van der Waals surface area contributed by atoms with Gasteiger partial charge in [-0.2, -0.15) is 5.10 Å². The maximum Gasteiger partial charge on any atom is 0.225 e. The van der Waals surface area contributed by atoms with Crippen molar-refractivity contribution in [2.24, 2.45) is 0 Å². The third kappa shape index (κ3) is 2.51. The maximum absolute atomic E-state index is 5.85. The van der Waals surface area contributed by atoms with E-state index < -0.39 is 0 Å². The Morgan fingerprint density at radius 2 is 2.22 bits per heavy atom. The van der Waals surface area contributed by atoms with E-state index in [1.54, 1.807) is 0 Å². The van der Waals surface area contributed by atoms with Gasteiger partial charge in [-0.05, 0) is 28.2 Å². The van der Waals surface area contributed by atoms with Crippen LogP contribution < -0.4 is 4.74 Å². The van der Waals surface area contributed by atoms with Crippen molar-refractivity contribution in [3.8, 4) is 5.88 Å². The number of aromatic nitrogens is 2. The van der Waals surface area contributed by atoms with E-state index in [0.29, 0.717) is 13.2 Å². The Morgan fingerprint density at radius 1 is 1.39 bits per heavy atom. The van der Waals surface area contributed by atoms with Crippen molar-refractivity contribution in [1.29, 1.82) is 0 Å². The molecule has 4 nitrogen and oxygen atoms in total. The van der Waals surface area contributed by atoms with E-state index in [4.69, 9.17) is 9.47 Å². The Bertz CT molecular complexity index is 527. The summed E-state index contributed by atoms with van der Waals surface area (Å²) in [5.74, 6) is 0.857. The summed E-state index contributed by atoms with van der Waals surface area (Å²) in [5.41, 5.74) is 1.18. The lowest BCUT2D eigenvalue weighted by Gasteiger charge is -2.24. The Hall–Kier alpha value is -1.08. The van der Waals surface area contributed by atoms with E-state index in [1.165, 1.54) is 5.56 Å². The maximum atomic E-state index is 5.85. The molecular formula is C13H13IN2O2. The molecule has 0 saturated carbocycles. The molecule has 1 aromatic heterocycles. The van der Waals surface area contributed by atoms with E-state index in [9.17, 15) is 0 Å². The van der Waals surface area contributed by atoms with Gasteiger partial charge < -0.3 is 9.47 Å². The Kier molecular flexibility index (Phi) is 3.51. The zero-order valence-electron chi connectivity index (χ0n) is 9.75. The molecule has 0 fully saturated rings. The van der Waals surface area contributed by atoms with Gasteiger partial charge >= 0.3 is 0 Å². The lowest BCUT2D eigenvalue weighted by Crippen LogP contribution is -2.32. The smallest absolute Gasteiger partial charge is 0.225 e. The van der Waals surface area contributed by atoms with Gasteiger partial charge in [0.25, 0.3) is 0 Å². The largest absolute Gasteiger partial charge is 0.474 e. The third-order valence-electron chi connectivity index (χ3n) is 2.86. The standard InChI is InChI=1S/C13H13IN2O2/c14-12-6-15-16-7-11(9-18-13(12)16)17-8-10-4-2-1-3-5-10/h1-6,11H,7-9H2/t11-/m1/s1. The normalized spacial score (nSPS) is 18.2. The number of nitrogens with zero attached hydrogens (tertiary/aromatic N) is 2. The minimum atomic E-state index is 0.0633. The van der Waals surface area contributed by atoms with Crippen LogP contribution >= 0.6 is 22.6 Å². The number of rotatable bonds is 3. The highest BCUT2D eigenvalue weighted by Crippen LogP contribution is 2.24. The van der Waals surface area contributed by atoms with Crippen molar-refractivity contribution in [2.75, 3.05) is 6.61 Å². The molecule has 0 N–H and O–H groups in total. The van der Waals surface area contributed by atoms with Gasteiger partial charge in [-0.3, -0.25) is 0 Å². The second-order valence-electron chi connectivity index (χ2n) is 4.21. The summed E-state index contributed by atoms with van der Waals surface area (Å²) in [6.45, 7) is 1.96. The molecule has 1 atom stereocenters. The fourth-order valence-corrected chi connectivity index (χ4v) is 2.49. The van der Waals surface area contributed by atoms with E-state index in [1.807, 2.05) is 29.1 Å². The first-order chi connectivity index (χ1) is 8.83. The van der Waals surface area contributed by atoms with Gasteiger partial charge in [0.1, 0.15) is 12.7 Å². The molecule has 0 saturated heterocycles. The SMILES string of the molecule is Ic1cnn2c1OC[C@H](OCc1ccccc1)C2. The summed E-state index contributed by atoms with van der Waals surface area (Å²) in [5, 5.41) is 4.27. The topological polar surface area (TPSA) is 36.3 Å². The summed E-state index contributed by atoms with van der Waals surface area (Å²) >= 11 is 2.23. The molecule has 0 bridgehead atoms. The molecule has 3 rings (SSSR count). The fourth-order valence-electron chi connectivity index (χ4n) is 1.93. The molecule has 1 aromatic carbocycles. The van der Waals surface area contributed by atoms with Gasteiger partial charge in [0.2, 0.25) is 5.88 Å². The van der Waals surface area contributed by atoms with Crippen LogP contribution in [0.5, 0.6) is 5.88 Å². The number of hydrogen-bond acceptors (Lipinski definition) is 3. The molecule has 0 aliphatic carbocycles. The highest BCUT2D eigenvalue weighted by Gasteiger charge is 2.22. The fraction of sp³-hybridized carbons (Fsp3) is 0.308. The van der Waals surface area contributed by atoms with Crippen LogP contribution in [0, 0.1) is 3.57 Å². The van der Waals surface area contributed by atoms with Crippen LogP contribution in [-0.2, 0) is 17.9 Å². The summed E-state index contributed by atoms with van der Waals surface area (Å²) in [6, 6.07) is 10.2. The lowest BCUT2D eigenvalue weighted by molar-refractivity contribution is -0.0220. The van der Waals surface area contributed by atoms with Crippen LogP contribution in [0.3, 0.4) is 0 Å².